The van der Waals surface area contributed by atoms with Crippen molar-refractivity contribution in [2.75, 3.05) is 19.6 Å². The largest absolute Gasteiger partial charge is 0.327 e. The van der Waals surface area contributed by atoms with Gasteiger partial charge in [0.15, 0.2) is 0 Å². The van der Waals surface area contributed by atoms with Crippen molar-refractivity contribution in [3.8, 4) is 0 Å². The van der Waals surface area contributed by atoms with E-state index in [0.29, 0.717) is 6.04 Å². The van der Waals surface area contributed by atoms with Gasteiger partial charge in [-0.25, -0.2) is 0 Å². The Balaban J connectivity index is 2.04. The molecule has 54 valence electrons. The molecule has 0 aliphatic carbocycles. The van der Waals surface area contributed by atoms with Gasteiger partial charge in [-0.3, -0.25) is 0 Å². The maximum atomic E-state index is 5.61. The van der Waals surface area contributed by atoms with E-state index in [1.54, 1.807) is 0 Å². The third-order valence-electron chi connectivity index (χ3n) is 1.69. The lowest BCUT2D eigenvalue weighted by atomic mass is 10.0. The van der Waals surface area contributed by atoms with Gasteiger partial charge in [0, 0.05) is 25.7 Å². The highest BCUT2D eigenvalue weighted by atomic mass is 15.2. The van der Waals surface area contributed by atoms with E-state index in [4.69, 9.17) is 5.73 Å². The van der Waals surface area contributed by atoms with Gasteiger partial charge in [0.1, 0.15) is 0 Å². The minimum absolute atomic E-state index is 0.345. The van der Waals surface area contributed by atoms with E-state index in [1.807, 2.05) is 0 Å². The van der Waals surface area contributed by atoms with Gasteiger partial charge >= 0.3 is 0 Å². The standard InChI is InChI=1S/C7H16N2/c1-6-3-9(4-6)5-7(2)8/h6-7H,3-5,8H2,1-2H3. The van der Waals surface area contributed by atoms with Gasteiger partial charge in [-0.15, -0.1) is 0 Å². The molecule has 0 amide bonds. The first kappa shape index (κ1) is 7.03. The number of rotatable bonds is 2. The zero-order chi connectivity index (χ0) is 6.85. The summed E-state index contributed by atoms with van der Waals surface area (Å²) in [4.78, 5) is 2.40. The molecular weight excluding hydrogens is 112 g/mol. The van der Waals surface area contributed by atoms with Gasteiger partial charge in [0.2, 0.25) is 0 Å². The molecule has 0 radical (unpaired) electrons. The van der Waals surface area contributed by atoms with E-state index >= 15 is 0 Å². The fourth-order valence-corrected chi connectivity index (χ4v) is 1.38. The van der Waals surface area contributed by atoms with E-state index in [0.717, 1.165) is 12.5 Å². The van der Waals surface area contributed by atoms with E-state index < -0.39 is 0 Å². The molecule has 0 aromatic rings. The predicted octanol–water partition coefficient (Wildman–Crippen LogP) is 0.285. The predicted molar refractivity (Wildman–Crippen MR) is 39.3 cm³/mol. The van der Waals surface area contributed by atoms with Crippen LogP contribution in [0.25, 0.3) is 0 Å². The highest BCUT2D eigenvalue weighted by Crippen LogP contribution is 2.13. The molecule has 1 rings (SSSR count). The van der Waals surface area contributed by atoms with Crippen molar-refractivity contribution >= 4 is 0 Å². The highest BCUT2D eigenvalue weighted by Gasteiger charge is 2.22. The van der Waals surface area contributed by atoms with Crippen molar-refractivity contribution in [3.63, 3.8) is 0 Å². The molecule has 1 unspecified atom stereocenters. The van der Waals surface area contributed by atoms with Crippen LogP contribution in [0, 0.1) is 5.92 Å². The van der Waals surface area contributed by atoms with Crippen molar-refractivity contribution in [1.29, 1.82) is 0 Å². The molecule has 2 heteroatoms. The Morgan fingerprint density at radius 3 is 2.56 bits per heavy atom. The summed E-state index contributed by atoms with van der Waals surface area (Å²) in [7, 11) is 0. The first-order chi connectivity index (χ1) is 4.18. The molecule has 0 bridgehead atoms. The second-order valence-electron chi connectivity index (χ2n) is 3.30. The van der Waals surface area contributed by atoms with Crippen LogP contribution in [0.15, 0.2) is 0 Å². The molecule has 2 N–H and O–H groups in total. The maximum Gasteiger partial charge on any atom is 0.0139 e. The van der Waals surface area contributed by atoms with Gasteiger partial charge in [0.05, 0.1) is 0 Å². The van der Waals surface area contributed by atoms with Crippen LogP contribution in [-0.4, -0.2) is 30.6 Å². The monoisotopic (exact) mass is 128 g/mol. The van der Waals surface area contributed by atoms with Gasteiger partial charge in [-0.2, -0.15) is 0 Å². The minimum Gasteiger partial charge on any atom is -0.327 e. The van der Waals surface area contributed by atoms with Gasteiger partial charge in [0.25, 0.3) is 0 Å². The number of nitrogens with zero attached hydrogens (tertiary/aromatic N) is 1. The molecule has 1 heterocycles. The Hall–Kier alpha value is -0.0800. The van der Waals surface area contributed by atoms with Crippen molar-refractivity contribution in [3.05, 3.63) is 0 Å². The topological polar surface area (TPSA) is 29.3 Å². The second kappa shape index (κ2) is 2.67. The first-order valence-corrected chi connectivity index (χ1v) is 3.66. The summed E-state index contributed by atoms with van der Waals surface area (Å²) in [5.74, 6) is 0.906. The average molecular weight is 128 g/mol. The first-order valence-electron chi connectivity index (χ1n) is 3.66. The molecular formula is C7H16N2. The van der Waals surface area contributed by atoms with E-state index in [2.05, 4.69) is 18.7 Å². The lowest BCUT2D eigenvalue weighted by Gasteiger charge is -2.38. The van der Waals surface area contributed by atoms with Crippen LogP contribution < -0.4 is 5.73 Å². The molecule has 1 saturated heterocycles. The van der Waals surface area contributed by atoms with E-state index in [9.17, 15) is 0 Å². The third kappa shape index (κ3) is 1.95. The van der Waals surface area contributed by atoms with Crippen LogP contribution >= 0.6 is 0 Å². The molecule has 2 nitrogen and oxygen atoms in total. The fourth-order valence-electron chi connectivity index (χ4n) is 1.38. The third-order valence-corrected chi connectivity index (χ3v) is 1.69. The molecule has 1 atom stereocenters. The van der Waals surface area contributed by atoms with Gasteiger partial charge in [-0.1, -0.05) is 6.92 Å². The average Bonchev–Trinajstić information content (AvgIpc) is 1.60. The van der Waals surface area contributed by atoms with Crippen LogP contribution in [0.1, 0.15) is 13.8 Å². The molecule has 1 aliphatic heterocycles. The van der Waals surface area contributed by atoms with Crippen molar-refractivity contribution in [2.45, 2.75) is 19.9 Å². The SMILES string of the molecule is CC(N)CN1CC(C)C1. The number of nitrogens with two attached hydrogens (primary N) is 1. The highest BCUT2D eigenvalue weighted by molar-refractivity contribution is 4.77. The molecule has 1 aliphatic rings. The van der Waals surface area contributed by atoms with Crippen molar-refractivity contribution in [1.82, 2.24) is 4.90 Å². The Bertz CT molecular complexity index is 84.9. The Morgan fingerprint density at radius 1 is 1.67 bits per heavy atom. The summed E-state index contributed by atoms with van der Waals surface area (Å²) in [6.45, 7) is 7.91. The van der Waals surface area contributed by atoms with Crippen molar-refractivity contribution < 1.29 is 0 Å². The minimum atomic E-state index is 0.345. The van der Waals surface area contributed by atoms with Gasteiger partial charge in [-0.05, 0) is 12.8 Å². The Labute approximate surface area is 57.0 Å². The summed E-state index contributed by atoms with van der Waals surface area (Å²) in [6.07, 6.45) is 0. The normalized spacial score (nSPS) is 25.7. The molecule has 0 aromatic carbocycles. The number of likely N-dealkylation sites (tertiary alicyclic amines) is 1. The summed E-state index contributed by atoms with van der Waals surface area (Å²) >= 11 is 0. The quantitative estimate of drug-likeness (QED) is 0.579. The second-order valence-corrected chi connectivity index (χ2v) is 3.30. The summed E-state index contributed by atoms with van der Waals surface area (Å²) < 4.78 is 0. The number of hydrogen-bond donors (Lipinski definition) is 1. The molecule has 1 fully saturated rings. The Kier molecular flexibility index (Phi) is 2.09. The van der Waals surface area contributed by atoms with Crippen LogP contribution in [0.3, 0.4) is 0 Å². The lowest BCUT2D eigenvalue weighted by Crippen LogP contribution is -2.49. The summed E-state index contributed by atoms with van der Waals surface area (Å²) in [5, 5.41) is 0. The van der Waals surface area contributed by atoms with Crippen molar-refractivity contribution in [2.24, 2.45) is 11.7 Å². The molecule has 0 spiro atoms. The van der Waals surface area contributed by atoms with Crippen LogP contribution in [0.2, 0.25) is 0 Å². The Morgan fingerprint density at radius 2 is 2.22 bits per heavy atom. The molecule has 9 heavy (non-hydrogen) atoms. The van der Waals surface area contributed by atoms with E-state index in [-0.39, 0.29) is 0 Å². The van der Waals surface area contributed by atoms with Gasteiger partial charge < -0.3 is 10.6 Å². The fraction of sp³-hybridized carbons (Fsp3) is 1.00. The van der Waals surface area contributed by atoms with Crippen LogP contribution in [-0.2, 0) is 0 Å². The smallest absolute Gasteiger partial charge is 0.0139 e. The maximum absolute atomic E-state index is 5.61. The summed E-state index contributed by atoms with van der Waals surface area (Å²) in [5.41, 5.74) is 5.61. The zero-order valence-electron chi connectivity index (χ0n) is 6.30. The zero-order valence-corrected chi connectivity index (χ0v) is 6.30. The molecule has 0 aromatic heterocycles. The molecule has 0 saturated carbocycles. The lowest BCUT2D eigenvalue weighted by molar-refractivity contribution is 0.107. The number of hydrogen-bond acceptors (Lipinski definition) is 2. The van der Waals surface area contributed by atoms with Crippen LogP contribution in [0.5, 0.6) is 0 Å². The summed E-state index contributed by atoms with van der Waals surface area (Å²) in [6, 6.07) is 0.345. The van der Waals surface area contributed by atoms with E-state index in [1.165, 1.54) is 13.1 Å². The van der Waals surface area contributed by atoms with Crippen LogP contribution in [0.4, 0.5) is 0 Å².